The van der Waals surface area contributed by atoms with Crippen LogP contribution in [0.5, 0.6) is 0 Å². The lowest BCUT2D eigenvalue weighted by atomic mass is 10.0. The topological polar surface area (TPSA) is 74.3 Å². The highest BCUT2D eigenvalue weighted by atomic mass is 35.5. The van der Waals surface area contributed by atoms with Gasteiger partial charge in [-0.15, -0.1) is 12.4 Å². The summed E-state index contributed by atoms with van der Waals surface area (Å²) in [7, 11) is 1.30. The molecular formula is C60H114ClNO6. The lowest BCUT2D eigenvalue weighted by Crippen LogP contribution is -2.38. The minimum absolute atomic E-state index is 0. The Bertz CT molecular complexity index is 1100. The predicted octanol–water partition coefficient (Wildman–Crippen LogP) is 18.5. The number of hydrogen-bond donors (Lipinski definition) is 0. The maximum atomic E-state index is 12.2. The molecule has 2 heterocycles. The molecule has 2 saturated heterocycles. The molecule has 0 saturated carbocycles. The lowest BCUT2D eigenvalue weighted by molar-refractivity contribution is -0.170. The van der Waals surface area contributed by atoms with E-state index in [0.717, 1.165) is 50.9 Å². The Morgan fingerprint density at radius 2 is 0.647 bits per heavy atom. The van der Waals surface area contributed by atoms with Crippen LogP contribution in [0.4, 0.5) is 0 Å². The molecule has 0 unspecified atom stereocenters. The van der Waals surface area contributed by atoms with Crippen molar-refractivity contribution >= 4 is 24.3 Å². The van der Waals surface area contributed by atoms with Gasteiger partial charge < -0.3 is 18.9 Å². The maximum absolute atomic E-state index is 12.2. The van der Waals surface area contributed by atoms with Gasteiger partial charge in [0.25, 0.3) is 0 Å². The predicted molar refractivity (Wildman–Crippen MR) is 292 cm³/mol. The Morgan fingerprint density at radius 1 is 0.382 bits per heavy atom. The molecule has 2 aliphatic heterocycles. The highest BCUT2D eigenvalue weighted by Gasteiger charge is 2.36. The van der Waals surface area contributed by atoms with Crippen LogP contribution in [0.2, 0.25) is 0 Å². The van der Waals surface area contributed by atoms with E-state index in [1.54, 1.807) is 0 Å². The average molecular weight is 981 g/mol. The van der Waals surface area contributed by atoms with Gasteiger partial charge >= 0.3 is 11.9 Å². The van der Waals surface area contributed by atoms with Crippen molar-refractivity contribution in [2.24, 2.45) is 0 Å². The third-order valence-electron chi connectivity index (χ3n) is 15.1. The molecule has 0 atom stereocenters. The molecule has 0 aromatic carbocycles. The van der Waals surface area contributed by atoms with E-state index in [9.17, 15) is 9.59 Å². The fourth-order valence-corrected chi connectivity index (χ4v) is 10.6. The van der Waals surface area contributed by atoms with Crippen molar-refractivity contribution in [3.05, 3.63) is 12.2 Å². The first kappa shape index (κ1) is 64.9. The van der Waals surface area contributed by atoms with Crippen LogP contribution in [0.3, 0.4) is 0 Å². The minimum Gasteiger partial charge on any atom is -0.466 e. The molecule has 68 heavy (non-hydrogen) atoms. The molecular weight excluding hydrogens is 866 g/mol. The summed E-state index contributed by atoms with van der Waals surface area (Å²) in [5.74, 6) is -1.56. The Labute approximate surface area is 428 Å². The molecule has 8 heteroatoms. The largest absolute Gasteiger partial charge is 0.466 e. The summed E-state index contributed by atoms with van der Waals surface area (Å²) in [6.07, 6.45) is 69.0. The standard InChI is InChI=1S/C60H113NO6.ClH/c1-64-58(62)48-49-59(63)65-55-54-61-52-47-45-43-41-39-37-35-33-31-29-27-25-23-21-19-17-15-13-11-9-7-5-3-2-4-6-8-10-12-14-16-18-20-22-24-26-28-30-32-34-36-38-40-42-44-46-50-60(51-53-61)66-56-57-67-60;/h48-49H,2-47,50-57H2,1H3;1H/b49-48+;. The van der Waals surface area contributed by atoms with Crippen LogP contribution >= 0.6 is 12.4 Å². The third-order valence-corrected chi connectivity index (χ3v) is 15.1. The Hall–Kier alpha value is -1.15. The number of carbonyl (C=O) groups excluding carboxylic acids is 2. The highest BCUT2D eigenvalue weighted by molar-refractivity contribution is 5.91. The monoisotopic (exact) mass is 980 g/mol. The first-order valence-corrected chi connectivity index (χ1v) is 30.1. The van der Waals surface area contributed by atoms with Crippen LogP contribution in [-0.2, 0) is 28.5 Å². The van der Waals surface area contributed by atoms with Gasteiger partial charge in [-0.2, -0.15) is 0 Å². The minimum atomic E-state index is -0.558. The number of rotatable bonds is 5. The smallest absolute Gasteiger partial charge is 0.331 e. The molecule has 0 aromatic heterocycles. The summed E-state index contributed by atoms with van der Waals surface area (Å²) in [5.41, 5.74) is 0. The van der Waals surface area contributed by atoms with Crippen LogP contribution in [0.15, 0.2) is 12.2 Å². The van der Waals surface area contributed by atoms with Gasteiger partial charge in [-0.1, -0.05) is 283 Å². The number of methoxy groups -OCH3 is 1. The Kier molecular flexibility index (Phi) is 48.4. The molecule has 402 valence electrons. The van der Waals surface area contributed by atoms with E-state index in [1.165, 1.54) is 290 Å². The summed E-state index contributed by atoms with van der Waals surface area (Å²) in [6, 6.07) is 0. The van der Waals surface area contributed by atoms with Gasteiger partial charge in [0.2, 0.25) is 0 Å². The third kappa shape index (κ3) is 42.5. The fraction of sp³-hybridized carbons (Fsp3) is 0.933. The zero-order valence-corrected chi connectivity index (χ0v) is 46.0. The second kappa shape index (κ2) is 50.8. The van der Waals surface area contributed by atoms with Gasteiger partial charge in [0.1, 0.15) is 6.61 Å². The normalized spacial score (nSPS) is 23.0. The van der Waals surface area contributed by atoms with E-state index in [-0.39, 0.29) is 12.4 Å². The van der Waals surface area contributed by atoms with Crippen LogP contribution in [-0.4, -0.2) is 69.2 Å². The Balaban J connectivity index is 0.0000231. The van der Waals surface area contributed by atoms with E-state index in [4.69, 9.17) is 14.2 Å². The maximum Gasteiger partial charge on any atom is 0.331 e. The second-order valence-electron chi connectivity index (χ2n) is 21.2. The van der Waals surface area contributed by atoms with Crippen molar-refractivity contribution < 1.29 is 28.5 Å². The molecule has 2 aliphatic rings. The summed E-state index contributed by atoms with van der Waals surface area (Å²) in [6.45, 7) is 4.13. The summed E-state index contributed by atoms with van der Waals surface area (Å²) < 4.78 is 22.7. The van der Waals surface area contributed by atoms with E-state index in [2.05, 4.69) is 9.64 Å². The van der Waals surface area contributed by atoms with E-state index < -0.39 is 17.7 Å². The molecule has 0 N–H and O–H groups in total. The van der Waals surface area contributed by atoms with Crippen molar-refractivity contribution in [2.45, 2.75) is 314 Å². The zero-order valence-electron chi connectivity index (χ0n) is 45.1. The second-order valence-corrected chi connectivity index (χ2v) is 21.2. The molecule has 7 nitrogen and oxygen atoms in total. The van der Waals surface area contributed by atoms with Gasteiger partial charge in [0.05, 0.1) is 20.3 Å². The van der Waals surface area contributed by atoms with Crippen molar-refractivity contribution in [2.75, 3.05) is 46.6 Å². The highest BCUT2D eigenvalue weighted by Crippen LogP contribution is 2.30. The fourth-order valence-electron chi connectivity index (χ4n) is 10.6. The number of esters is 2. The molecule has 1 spiro atoms. The number of halogens is 1. The molecule has 0 aromatic rings. The average Bonchev–Trinajstić information content (AvgIpc) is 3.81. The Morgan fingerprint density at radius 3 is 0.941 bits per heavy atom. The molecule has 2 rings (SSSR count). The van der Waals surface area contributed by atoms with Gasteiger partial charge in [-0.25, -0.2) is 9.59 Å². The van der Waals surface area contributed by atoms with Crippen molar-refractivity contribution in [3.63, 3.8) is 0 Å². The van der Waals surface area contributed by atoms with Crippen LogP contribution < -0.4 is 0 Å². The zero-order chi connectivity index (χ0) is 47.7. The van der Waals surface area contributed by atoms with E-state index >= 15 is 0 Å². The number of hydrogen-bond acceptors (Lipinski definition) is 7. The van der Waals surface area contributed by atoms with Crippen LogP contribution in [0, 0.1) is 0 Å². The van der Waals surface area contributed by atoms with E-state index in [1.807, 2.05) is 0 Å². The molecule has 0 aliphatic carbocycles. The quantitative estimate of drug-likeness (QED) is 0.201. The first-order valence-electron chi connectivity index (χ1n) is 30.1. The van der Waals surface area contributed by atoms with Crippen molar-refractivity contribution in [1.82, 2.24) is 4.90 Å². The number of carbonyl (C=O) groups is 2. The lowest BCUT2D eigenvalue weighted by Gasteiger charge is -2.31. The molecule has 2 fully saturated rings. The number of nitrogens with zero attached hydrogens (tertiary/aromatic N) is 1. The van der Waals surface area contributed by atoms with Gasteiger partial charge in [-0.05, 0) is 19.4 Å². The van der Waals surface area contributed by atoms with Crippen molar-refractivity contribution in [1.29, 1.82) is 0 Å². The van der Waals surface area contributed by atoms with Crippen LogP contribution in [0.1, 0.15) is 308 Å². The van der Waals surface area contributed by atoms with Gasteiger partial charge in [-0.3, -0.25) is 4.90 Å². The first-order chi connectivity index (χ1) is 33.1. The molecule has 0 radical (unpaired) electrons. The summed E-state index contributed by atoms with van der Waals surface area (Å²) in [5, 5.41) is 0. The van der Waals surface area contributed by atoms with Gasteiger partial charge in [0.15, 0.2) is 5.79 Å². The summed E-state index contributed by atoms with van der Waals surface area (Å²) >= 11 is 0. The van der Waals surface area contributed by atoms with Crippen molar-refractivity contribution in [3.8, 4) is 0 Å². The number of ether oxygens (including phenoxy) is 4. The summed E-state index contributed by atoms with van der Waals surface area (Å²) in [4.78, 5) is 26.0. The SMILES string of the molecule is COC(=O)/C=C/C(=O)OCCN1CCCCCCCCCCCCCCCCCCCCCCCCCCCCCCCCCCCCCCCCCCCCCCCCC2(CC1)OCCO2.Cl. The van der Waals surface area contributed by atoms with Gasteiger partial charge in [0, 0.05) is 38.1 Å². The molecule has 0 amide bonds. The van der Waals surface area contributed by atoms with E-state index in [0.29, 0.717) is 26.4 Å². The molecule has 0 bridgehead atoms. The van der Waals surface area contributed by atoms with Crippen LogP contribution in [0.25, 0.3) is 0 Å².